The molecule has 0 aliphatic carbocycles. The van der Waals surface area contributed by atoms with Crippen molar-refractivity contribution >= 4 is 17.3 Å². The molecule has 0 aromatic heterocycles. The van der Waals surface area contributed by atoms with Crippen LogP contribution in [-0.2, 0) is 6.18 Å². The molecule has 0 atom stereocenters. The zero-order valence-corrected chi connectivity index (χ0v) is 11.5. The van der Waals surface area contributed by atoms with E-state index in [1.165, 1.54) is 6.92 Å². The quantitative estimate of drug-likeness (QED) is 0.362. The number of non-ortho nitro benzene ring substituents is 1. The summed E-state index contributed by atoms with van der Waals surface area (Å²) in [7, 11) is 0. The van der Waals surface area contributed by atoms with Crippen LogP contribution in [0.4, 0.5) is 24.5 Å². The predicted molar refractivity (Wildman–Crippen MR) is 70.3 cm³/mol. The van der Waals surface area contributed by atoms with E-state index in [2.05, 4.69) is 4.74 Å². The number of allylic oxidation sites excluding steroid dienone is 1. The van der Waals surface area contributed by atoms with Crippen molar-refractivity contribution < 1.29 is 33.2 Å². The van der Waals surface area contributed by atoms with E-state index in [1.54, 1.807) is 0 Å². The van der Waals surface area contributed by atoms with Crippen molar-refractivity contribution in [2.24, 2.45) is 5.73 Å². The third-order valence-electron chi connectivity index (χ3n) is 2.36. The first-order valence-corrected chi connectivity index (χ1v) is 5.71. The fourth-order valence-electron chi connectivity index (χ4n) is 1.53. The lowest BCUT2D eigenvalue weighted by Crippen LogP contribution is -2.42. The van der Waals surface area contributed by atoms with E-state index in [1.807, 2.05) is 0 Å². The first kappa shape index (κ1) is 17.9. The predicted octanol–water partition coefficient (Wildman–Crippen LogP) is 0.921. The molecule has 0 aliphatic rings. The third kappa shape index (κ3) is 4.39. The van der Waals surface area contributed by atoms with Gasteiger partial charge in [0.25, 0.3) is 5.69 Å². The molecule has 1 rings (SSSR count). The minimum atomic E-state index is -5.14. The molecule has 9 nitrogen and oxygen atoms in total. The lowest BCUT2D eigenvalue weighted by molar-refractivity contribution is -0.395. The van der Waals surface area contributed by atoms with Gasteiger partial charge in [-0.05, 0) is 6.92 Å². The highest BCUT2D eigenvalue weighted by atomic mass is 19.4. The number of nitro groups is 2. The first-order chi connectivity index (χ1) is 10.4. The van der Waals surface area contributed by atoms with Gasteiger partial charge in [-0.2, -0.15) is 13.2 Å². The molecule has 0 amide bonds. The van der Waals surface area contributed by atoms with E-state index in [0.29, 0.717) is 6.07 Å². The second-order valence-corrected chi connectivity index (χ2v) is 4.25. The Morgan fingerprint density at radius 2 is 1.87 bits per heavy atom. The molecule has 0 aliphatic heterocycles. The molecule has 23 heavy (non-hydrogen) atoms. The monoisotopic (exact) mass is 335 g/mol. The normalized spacial score (nSPS) is 11.9. The van der Waals surface area contributed by atoms with Gasteiger partial charge in [0.1, 0.15) is 5.56 Å². The van der Waals surface area contributed by atoms with Gasteiger partial charge in [-0.1, -0.05) is 0 Å². The summed E-state index contributed by atoms with van der Waals surface area (Å²) >= 11 is 0. The average Bonchev–Trinajstić information content (AvgIpc) is 2.35. The second kappa shape index (κ2) is 6.29. The van der Waals surface area contributed by atoms with Crippen molar-refractivity contribution in [2.45, 2.75) is 13.1 Å². The zero-order chi connectivity index (χ0) is 17.9. The minimum absolute atomic E-state index is 0.0700. The molecular formula is C11H10F3N4O5+. The Morgan fingerprint density at radius 1 is 1.30 bits per heavy atom. The van der Waals surface area contributed by atoms with Crippen LogP contribution in [0, 0.1) is 20.2 Å². The maximum Gasteiger partial charge on any atom is 0.420 e. The molecule has 124 valence electrons. The van der Waals surface area contributed by atoms with Gasteiger partial charge in [-0.3, -0.25) is 20.2 Å². The molecule has 12 heteroatoms. The number of halogens is 3. The van der Waals surface area contributed by atoms with E-state index in [4.69, 9.17) is 11.1 Å². The van der Waals surface area contributed by atoms with Gasteiger partial charge in [0.15, 0.2) is 0 Å². The number of hydrogen-bond donors (Lipinski definition) is 2. The van der Waals surface area contributed by atoms with Crippen molar-refractivity contribution in [3.63, 3.8) is 0 Å². The van der Waals surface area contributed by atoms with Crippen molar-refractivity contribution in [3.8, 4) is 5.75 Å². The molecule has 1 aromatic rings. The summed E-state index contributed by atoms with van der Waals surface area (Å²) in [4.78, 5) is 19.1. The van der Waals surface area contributed by atoms with Gasteiger partial charge in [0.05, 0.1) is 22.0 Å². The van der Waals surface area contributed by atoms with Gasteiger partial charge in [0.2, 0.25) is 5.75 Å². The highest BCUT2D eigenvalue weighted by Crippen LogP contribution is 2.44. The Labute approximate surface area is 126 Å². The van der Waals surface area contributed by atoms with E-state index in [0.717, 1.165) is 6.08 Å². The minimum Gasteiger partial charge on any atom is -0.402 e. The number of nitrogens with two attached hydrogens (primary N) is 2. The molecule has 0 saturated heterocycles. The third-order valence-corrected chi connectivity index (χ3v) is 2.36. The molecule has 0 unspecified atom stereocenters. The molecular weight excluding hydrogens is 325 g/mol. The van der Waals surface area contributed by atoms with Gasteiger partial charge >= 0.3 is 17.8 Å². The fraction of sp³-hybridized carbons (Fsp3) is 0.182. The Kier molecular flexibility index (Phi) is 4.89. The SMILES string of the molecule is C/C(N)=C/C(=[NH2+])Oc1c([N+](=O)[O-])cc([N+](=O)[O-])cc1C(F)(F)F. The van der Waals surface area contributed by atoms with Gasteiger partial charge < -0.3 is 10.5 Å². The molecule has 0 bridgehead atoms. The second-order valence-electron chi connectivity index (χ2n) is 4.25. The van der Waals surface area contributed by atoms with Gasteiger partial charge in [-0.15, -0.1) is 0 Å². The standard InChI is InChI=1S/C11H9F3N4O5/c1-5(15)2-9(16)23-10-7(11(12,13)14)3-6(17(19)20)4-8(10)18(21)22/h2-4,16H,15H2,1H3/p+1/b5-2-,16-9?. The van der Waals surface area contributed by atoms with Crippen LogP contribution in [0.25, 0.3) is 0 Å². The van der Waals surface area contributed by atoms with Crippen LogP contribution in [-0.4, -0.2) is 15.7 Å². The maximum absolute atomic E-state index is 13.0. The molecule has 0 heterocycles. The number of hydrogen-bond acceptors (Lipinski definition) is 6. The molecule has 0 fully saturated rings. The molecule has 0 spiro atoms. The topological polar surface area (TPSA) is 147 Å². The Bertz CT molecular complexity index is 710. The number of ether oxygens (including phenoxy) is 1. The summed E-state index contributed by atoms with van der Waals surface area (Å²) in [5, 5.41) is 26.9. The number of nitrogens with zero attached hydrogens (tertiary/aromatic N) is 2. The van der Waals surface area contributed by atoms with Crippen LogP contribution >= 0.6 is 0 Å². The molecule has 0 saturated carbocycles. The summed E-state index contributed by atoms with van der Waals surface area (Å²) in [5.74, 6) is -1.91. The average molecular weight is 335 g/mol. The largest absolute Gasteiger partial charge is 0.420 e. The van der Waals surface area contributed by atoms with E-state index in [9.17, 15) is 33.4 Å². The summed E-state index contributed by atoms with van der Waals surface area (Å²) in [6.45, 7) is 1.35. The Balaban J connectivity index is 3.63. The summed E-state index contributed by atoms with van der Waals surface area (Å²) in [6.07, 6.45) is -4.21. The summed E-state index contributed by atoms with van der Waals surface area (Å²) in [6, 6.07) is 0.464. The van der Waals surface area contributed by atoms with Crippen molar-refractivity contribution in [3.05, 3.63) is 49.7 Å². The van der Waals surface area contributed by atoms with Gasteiger partial charge in [0, 0.05) is 11.8 Å². The van der Waals surface area contributed by atoms with Crippen LogP contribution in [0.5, 0.6) is 5.75 Å². The van der Waals surface area contributed by atoms with E-state index < -0.39 is 44.6 Å². The number of benzene rings is 1. The van der Waals surface area contributed by atoms with E-state index >= 15 is 0 Å². The Morgan fingerprint density at radius 3 is 2.26 bits per heavy atom. The molecule has 4 N–H and O–H groups in total. The van der Waals surface area contributed by atoms with Crippen molar-refractivity contribution in [1.29, 1.82) is 0 Å². The summed E-state index contributed by atoms with van der Waals surface area (Å²) in [5.41, 5.74) is 1.27. The Hall–Kier alpha value is -3.18. The highest BCUT2D eigenvalue weighted by Gasteiger charge is 2.41. The zero-order valence-electron chi connectivity index (χ0n) is 11.5. The van der Waals surface area contributed by atoms with Gasteiger partial charge in [-0.25, -0.2) is 5.41 Å². The highest BCUT2D eigenvalue weighted by molar-refractivity contribution is 5.86. The van der Waals surface area contributed by atoms with Crippen LogP contribution in [0.2, 0.25) is 0 Å². The van der Waals surface area contributed by atoms with Crippen LogP contribution in [0.3, 0.4) is 0 Å². The molecule has 1 aromatic carbocycles. The van der Waals surface area contributed by atoms with Crippen molar-refractivity contribution in [2.75, 3.05) is 0 Å². The number of nitro benzene ring substituents is 2. The van der Waals surface area contributed by atoms with Crippen LogP contribution in [0.1, 0.15) is 12.5 Å². The van der Waals surface area contributed by atoms with Crippen LogP contribution in [0.15, 0.2) is 23.9 Å². The fourth-order valence-corrected chi connectivity index (χ4v) is 1.53. The van der Waals surface area contributed by atoms with Crippen molar-refractivity contribution in [1.82, 2.24) is 0 Å². The number of rotatable bonds is 4. The lowest BCUT2D eigenvalue weighted by Gasteiger charge is -2.11. The smallest absolute Gasteiger partial charge is 0.402 e. The lowest BCUT2D eigenvalue weighted by atomic mass is 10.1. The first-order valence-electron chi connectivity index (χ1n) is 5.71. The molecule has 0 radical (unpaired) electrons. The number of alkyl halides is 3. The maximum atomic E-state index is 13.0. The summed E-state index contributed by atoms with van der Waals surface area (Å²) < 4.78 is 43.8. The van der Waals surface area contributed by atoms with Crippen LogP contribution < -0.4 is 15.9 Å². The van der Waals surface area contributed by atoms with E-state index in [-0.39, 0.29) is 11.8 Å².